The van der Waals surface area contributed by atoms with Gasteiger partial charge in [-0.25, -0.2) is 9.59 Å². The second kappa shape index (κ2) is 12.1. The van der Waals surface area contributed by atoms with Crippen LogP contribution in [0.4, 0.5) is 0 Å². The van der Waals surface area contributed by atoms with Gasteiger partial charge in [-0.05, 0) is 56.1 Å². The van der Waals surface area contributed by atoms with Gasteiger partial charge in [-0.3, -0.25) is 9.69 Å². The zero-order valence-corrected chi connectivity index (χ0v) is 18.1. The Morgan fingerprint density at radius 1 is 1.03 bits per heavy atom. The topological polar surface area (TPSA) is 107 Å². The molecule has 1 heterocycles. The SMILES string of the molecule is CC(NC(=O)C1CCN(Cc2cccc(Cl)c2)CC1)c1ccccc1.O=C(O)C(=O)O. The lowest BCUT2D eigenvalue weighted by atomic mass is 9.95. The predicted octanol–water partition coefficient (Wildman–Crippen LogP) is 3.59. The third kappa shape index (κ3) is 8.39. The molecular formula is C23H27ClN2O5. The molecule has 0 bridgehead atoms. The summed E-state index contributed by atoms with van der Waals surface area (Å²) < 4.78 is 0. The minimum Gasteiger partial charge on any atom is -0.473 e. The average molecular weight is 447 g/mol. The first-order chi connectivity index (χ1) is 14.8. The maximum absolute atomic E-state index is 12.5. The van der Waals surface area contributed by atoms with E-state index >= 15 is 0 Å². The van der Waals surface area contributed by atoms with Crippen LogP contribution in [-0.2, 0) is 20.9 Å². The molecule has 1 unspecified atom stereocenters. The Morgan fingerprint density at radius 3 is 2.19 bits per heavy atom. The molecule has 1 aliphatic heterocycles. The molecule has 1 amide bonds. The number of nitrogens with one attached hydrogen (secondary N) is 1. The third-order valence-corrected chi connectivity index (χ3v) is 5.33. The summed E-state index contributed by atoms with van der Waals surface area (Å²) in [5, 5.41) is 18.7. The minimum absolute atomic E-state index is 0.0539. The molecule has 31 heavy (non-hydrogen) atoms. The zero-order valence-electron chi connectivity index (χ0n) is 17.3. The number of halogens is 1. The Kier molecular flexibility index (Phi) is 9.49. The van der Waals surface area contributed by atoms with Gasteiger partial charge in [0.25, 0.3) is 0 Å². The van der Waals surface area contributed by atoms with Gasteiger partial charge in [-0.15, -0.1) is 0 Å². The number of aliphatic carboxylic acids is 2. The molecule has 7 nitrogen and oxygen atoms in total. The van der Waals surface area contributed by atoms with E-state index in [1.807, 2.05) is 43.3 Å². The number of piperidine rings is 1. The standard InChI is InChI=1S/C21H25ClN2O.C2H2O4/c1-16(18-7-3-2-4-8-18)23-21(25)19-10-12-24(13-11-19)15-17-6-5-9-20(22)14-17;3-1(4)2(5)6/h2-9,14,16,19H,10-13,15H2,1H3,(H,23,25);(H,3,4)(H,5,6). The molecule has 0 saturated carbocycles. The molecule has 8 heteroatoms. The fourth-order valence-corrected chi connectivity index (χ4v) is 3.62. The summed E-state index contributed by atoms with van der Waals surface area (Å²) in [6.45, 7) is 4.84. The third-order valence-electron chi connectivity index (χ3n) is 5.09. The number of rotatable bonds is 5. The van der Waals surface area contributed by atoms with Crippen LogP contribution in [-0.4, -0.2) is 46.0 Å². The van der Waals surface area contributed by atoms with E-state index in [0.717, 1.165) is 43.1 Å². The van der Waals surface area contributed by atoms with E-state index in [9.17, 15) is 4.79 Å². The summed E-state index contributed by atoms with van der Waals surface area (Å²) in [7, 11) is 0. The number of nitrogens with zero attached hydrogens (tertiary/aromatic N) is 1. The molecule has 166 valence electrons. The molecule has 1 saturated heterocycles. The summed E-state index contributed by atoms with van der Waals surface area (Å²) in [6, 6.07) is 18.2. The maximum atomic E-state index is 12.5. The minimum atomic E-state index is -1.82. The highest BCUT2D eigenvalue weighted by atomic mass is 35.5. The van der Waals surface area contributed by atoms with Gasteiger partial charge in [0.15, 0.2) is 0 Å². The van der Waals surface area contributed by atoms with Gasteiger partial charge in [0.2, 0.25) is 5.91 Å². The molecule has 0 aliphatic carbocycles. The van der Waals surface area contributed by atoms with Crippen molar-refractivity contribution in [3.8, 4) is 0 Å². The number of amides is 1. The van der Waals surface area contributed by atoms with Crippen molar-refractivity contribution in [3.05, 3.63) is 70.7 Å². The number of carboxylic acid groups (broad SMARTS) is 2. The Morgan fingerprint density at radius 2 is 1.65 bits per heavy atom. The largest absolute Gasteiger partial charge is 0.473 e. The first kappa shape index (κ1) is 24.4. The summed E-state index contributed by atoms with van der Waals surface area (Å²) in [6.07, 6.45) is 1.82. The van der Waals surface area contributed by atoms with Crippen LogP contribution in [0.5, 0.6) is 0 Å². The highest BCUT2D eigenvalue weighted by Crippen LogP contribution is 2.22. The summed E-state index contributed by atoms with van der Waals surface area (Å²) >= 11 is 6.05. The molecule has 2 aromatic rings. The molecule has 1 atom stereocenters. The van der Waals surface area contributed by atoms with E-state index in [-0.39, 0.29) is 17.9 Å². The first-order valence-corrected chi connectivity index (χ1v) is 10.4. The van der Waals surface area contributed by atoms with E-state index in [1.54, 1.807) is 0 Å². The van der Waals surface area contributed by atoms with E-state index < -0.39 is 11.9 Å². The predicted molar refractivity (Wildman–Crippen MR) is 118 cm³/mol. The second-order valence-corrected chi connectivity index (χ2v) is 7.87. The zero-order chi connectivity index (χ0) is 22.8. The Bertz CT molecular complexity index is 871. The van der Waals surface area contributed by atoms with Gasteiger partial charge in [0.1, 0.15) is 0 Å². The number of hydrogen-bond acceptors (Lipinski definition) is 4. The quantitative estimate of drug-likeness (QED) is 0.606. The monoisotopic (exact) mass is 446 g/mol. The number of benzene rings is 2. The molecule has 1 aliphatic rings. The van der Waals surface area contributed by atoms with Gasteiger partial charge >= 0.3 is 11.9 Å². The molecular weight excluding hydrogens is 420 g/mol. The molecule has 0 radical (unpaired) electrons. The van der Waals surface area contributed by atoms with Gasteiger partial charge in [-0.2, -0.15) is 0 Å². The van der Waals surface area contributed by atoms with Crippen LogP contribution in [0.25, 0.3) is 0 Å². The Labute approximate surface area is 186 Å². The van der Waals surface area contributed by atoms with Crippen molar-refractivity contribution >= 4 is 29.4 Å². The highest BCUT2D eigenvalue weighted by molar-refractivity contribution is 6.30. The summed E-state index contributed by atoms with van der Waals surface area (Å²) in [5.41, 5.74) is 2.38. The van der Waals surface area contributed by atoms with Crippen LogP contribution in [0, 0.1) is 5.92 Å². The molecule has 0 spiro atoms. The van der Waals surface area contributed by atoms with Gasteiger partial charge < -0.3 is 15.5 Å². The van der Waals surface area contributed by atoms with Crippen molar-refractivity contribution in [2.75, 3.05) is 13.1 Å². The van der Waals surface area contributed by atoms with Crippen LogP contribution in [0.3, 0.4) is 0 Å². The van der Waals surface area contributed by atoms with Crippen LogP contribution >= 0.6 is 11.6 Å². The Hall–Kier alpha value is -2.90. The molecule has 3 rings (SSSR count). The average Bonchev–Trinajstić information content (AvgIpc) is 2.75. The van der Waals surface area contributed by atoms with E-state index in [1.165, 1.54) is 5.56 Å². The highest BCUT2D eigenvalue weighted by Gasteiger charge is 2.26. The van der Waals surface area contributed by atoms with E-state index in [4.69, 9.17) is 31.4 Å². The van der Waals surface area contributed by atoms with Gasteiger partial charge in [0, 0.05) is 17.5 Å². The van der Waals surface area contributed by atoms with Crippen molar-refractivity contribution in [2.45, 2.75) is 32.4 Å². The first-order valence-electron chi connectivity index (χ1n) is 10.0. The fourth-order valence-electron chi connectivity index (χ4n) is 3.40. The van der Waals surface area contributed by atoms with Gasteiger partial charge in [0.05, 0.1) is 6.04 Å². The van der Waals surface area contributed by atoms with Crippen molar-refractivity contribution < 1.29 is 24.6 Å². The van der Waals surface area contributed by atoms with Crippen LogP contribution < -0.4 is 5.32 Å². The second-order valence-electron chi connectivity index (χ2n) is 7.43. The lowest BCUT2D eigenvalue weighted by Gasteiger charge is -2.32. The van der Waals surface area contributed by atoms with E-state index in [0.29, 0.717) is 0 Å². The number of carbonyl (C=O) groups is 3. The van der Waals surface area contributed by atoms with Crippen molar-refractivity contribution in [2.24, 2.45) is 5.92 Å². The number of hydrogen-bond donors (Lipinski definition) is 3. The lowest BCUT2D eigenvalue weighted by molar-refractivity contribution is -0.159. The number of carbonyl (C=O) groups excluding carboxylic acids is 1. The van der Waals surface area contributed by atoms with Gasteiger partial charge in [-0.1, -0.05) is 54.1 Å². The van der Waals surface area contributed by atoms with Crippen molar-refractivity contribution in [3.63, 3.8) is 0 Å². The lowest BCUT2D eigenvalue weighted by Crippen LogP contribution is -2.40. The van der Waals surface area contributed by atoms with Crippen molar-refractivity contribution in [1.29, 1.82) is 0 Å². The van der Waals surface area contributed by atoms with Crippen LogP contribution in [0.2, 0.25) is 5.02 Å². The summed E-state index contributed by atoms with van der Waals surface area (Å²) in [4.78, 5) is 33.1. The molecule has 1 fully saturated rings. The number of carboxylic acids is 2. The fraction of sp³-hybridized carbons (Fsp3) is 0.348. The van der Waals surface area contributed by atoms with Crippen LogP contribution in [0.1, 0.15) is 36.9 Å². The maximum Gasteiger partial charge on any atom is 0.414 e. The Balaban J connectivity index is 0.000000501. The van der Waals surface area contributed by atoms with E-state index in [2.05, 4.69) is 28.4 Å². The molecule has 2 aromatic carbocycles. The molecule has 0 aromatic heterocycles. The molecule has 3 N–H and O–H groups in total. The van der Waals surface area contributed by atoms with Crippen molar-refractivity contribution in [1.82, 2.24) is 10.2 Å². The smallest absolute Gasteiger partial charge is 0.414 e. The summed E-state index contributed by atoms with van der Waals surface area (Å²) in [5.74, 6) is -3.36. The number of likely N-dealkylation sites (tertiary alicyclic amines) is 1. The van der Waals surface area contributed by atoms with Crippen LogP contribution in [0.15, 0.2) is 54.6 Å². The normalized spacial score (nSPS) is 15.3.